The molecule has 194 valence electrons. The average molecular weight is 614 g/mol. The van der Waals surface area contributed by atoms with E-state index in [4.69, 9.17) is 16.3 Å². The molecular formula is C26H30BrClN2O4S2. The summed E-state index contributed by atoms with van der Waals surface area (Å²) in [5.74, 6) is 0.675. The van der Waals surface area contributed by atoms with Crippen molar-refractivity contribution in [2.24, 2.45) is 0 Å². The summed E-state index contributed by atoms with van der Waals surface area (Å²) in [7, 11) is -3.49. The van der Waals surface area contributed by atoms with Crippen LogP contribution in [-0.4, -0.2) is 37.7 Å². The predicted octanol–water partition coefficient (Wildman–Crippen LogP) is 6.47. The minimum absolute atomic E-state index is 0.0480. The van der Waals surface area contributed by atoms with Crippen LogP contribution in [0.3, 0.4) is 0 Å². The lowest BCUT2D eigenvalue weighted by atomic mass is 10.1. The minimum atomic E-state index is -3.49. The first-order chi connectivity index (χ1) is 17.3. The topological polar surface area (TPSA) is 75.7 Å². The number of rotatable bonds is 13. The van der Waals surface area contributed by atoms with Crippen LogP contribution in [0.25, 0.3) is 10.4 Å². The Morgan fingerprint density at radius 2 is 1.81 bits per heavy atom. The van der Waals surface area contributed by atoms with Gasteiger partial charge in [0.2, 0.25) is 15.9 Å². The van der Waals surface area contributed by atoms with Gasteiger partial charge < -0.3 is 9.64 Å². The van der Waals surface area contributed by atoms with Crippen LogP contribution in [0, 0.1) is 0 Å². The van der Waals surface area contributed by atoms with Crippen LogP contribution in [0.5, 0.6) is 5.75 Å². The number of amides is 1. The van der Waals surface area contributed by atoms with Gasteiger partial charge in [-0.1, -0.05) is 65.6 Å². The summed E-state index contributed by atoms with van der Waals surface area (Å²) in [5, 5.41) is 0.793. The van der Waals surface area contributed by atoms with Gasteiger partial charge in [0, 0.05) is 35.1 Å². The Morgan fingerprint density at radius 1 is 1.06 bits per heavy atom. The molecule has 1 aromatic heterocycles. The number of halogens is 2. The third-order valence-corrected chi connectivity index (χ3v) is 9.11. The Bertz CT molecular complexity index is 1260. The van der Waals surface area contributed by atoms with Crippen LogP contribution in [0.4, 0.5) is 0 Å². The van der Waals surface area contributed by atoms with Crippen molar-refractivity contribution in [3.8, 4) is 16.2 Å². The van der Waals surface area contributed by atoms with Crippen LogP contribution >= 0.6 is 38.9 Å². The molecule has 0 saturated carbocycles. The Morgan fingerprint density at radius 3 is 2.47 bits per heavy atom. The fourth-order valence-corrected chi connectivity index (χ4v) is 6.51. The van der Waals surface area contributed by atoms with Crippen LogP contribution in [0.15, 0.2) is 58.8 Å². The van der Waals surface area contributed by atoms with Gasteiger partial charge in [0.05, 0.1) is 11.9 Å². The molecule has 0 aliphatic carbocycles. The molecule has 0 radical (unpaired) electrons. The molecule has 0 fully saturated rings. The fraction of sp³-hybridized carbons (Fsp3) is 0.346. The number of hydrogen-bond donors (Lipinski definition) is 1. The number of hydrogen-bond acceptors (Lipinski definition) is 5. The van der Waals surface area contributed by atoms with E-state index in [0.29, 0.717) is 35.5 Å². The van der Waals surface area contributed by atoms with Gasteiger partial charge in [0.25, 0.3) is 0 Å². The molecular weight excluding hydrogens is 584 g/mol. The van der Waals surface area contributed by atoms with Gasteiger partial charge in [0.1, 0.15) is 9.96 Å². The van der Waals surface area contributed by atoms with E-state index in [9.17, 15) is 13.2 Å². The number of thiophene rings is 1. The zero-order chi connectivity index (χ0) is 26.1. The number of alkyl halides is 1. The maximum absolute atomic E-state index is 12.7. The fourth-order valence-electron chi connectivity index (χ4n) is 3.47. The lowest BCUT2D eigenvalue weighted by Crippen LogP contribution is -2.31. The van der Waals surface area contributed by atoms with E-state index in [-0.39, 0.29) is 11.2 Å². The Hall–Kier alpha value is -1.91. The first-order valence-corrected chi connectivity index (χ1v) is 15.5. The Kier molecular flexibility index (Phi) is 10.8. The van der Waals surface area contributed by atoms with E-state index in [1.165, 1.54) is 11.3 Å². The van der Waals surface area contributed by atoms with Crippen molar-refractivity contribution in [2.45, 2.75) is 44.0 Å². The van der Waals surface area contributed by atoms with Crippen molar-refractivity contribution in [1.82, 2.24) is 9.62 Å². The third-order valence-electron chi connectivity index (χ3n) is 5.31. The molecule has 0 spiro atoms. The number of nitrogens with one attached hydrogen (secondary N) is 1. The molecule has 3 rings (SSSR count). The van der Waals surface area contributed by atoms with Crippen LogP contribution in [-0.2, 0) is 27.9 Å². The number of benzene rings is 2. The van der Waals surface area contributed by atoms with Gasteiger partial charge in [-0.05, 0) is 54.3 Å². The molecule has 0 atom stereocenters. The summed E-state index contributed by atoms with van der Waals surface area (Å²) in [6.07, 6.45) is 1.61. The van der Waals surface area contributed by atoms with E-state index >= 15 is 0 Å². The quantitative estimate of drug-likeness (QED) is 0.224. The zero-order valence-corrected chi connectivity index (χ0v) is 24.3. The molecule has 36 heavy (non-hydrogen) atoms. The highest BCUT2D eigenvalue weighted by Crippen LogP contribution is 2.31. The second-order valence-electron chi connectivity index (χ2n) is 8.20. The monoisotopic (exact) mass is 612 g/mol. The number of carbonyl (C=O) groups is 1. The van der Waals surface area contributed by atoms with E-state index < -0.39 is 10.0 Å². The van der Waals surface area contributed by atoms with Crippen molar-refractivity contribution in [2.75, 3.05) is 18.5 Å². The number of nitrogens with zero attached hydrogens (tertiary/aromatic N) is 1. The lowest BCUT2D eigenvalue weighted by Gasteiger charge is -2.24. The summed E-state index contributed by atoms with van der Waals surface area (Å²) in [5.41, 5.74) is 2.73. The minimum Gasteiger partial charge on any atom is -0.493 e. The third kappa shape index (κ3) is 7.79. The molecule has 0 aliphatic rings. The average Bonchev–Trinajstić information content (AvgIpc) is 3.38. The van der Waals surface area contributed by atoms with Gasteiger partial charge in [-0.3, -0.25) is 4.79 Å². The lowest BCUT2D eigenvalue weighted by molar-refractivity contribution is -0.129. The second-order valence-corrected chi connectivity index (χ2v) is 12.3. The standard InChI is InChI=1S/C26H30BrClN2O4S2/c1-3-13-29-36(32,33)26-12-11-24(35-26)20-7-5-19(6-8-20)17-30(25(31)16-27)18-21-15-22(28)9-10-23(21)34-14-4-2/h5-12,15,29H,3-4,13-14,16-18H2,1-2H3. The maximum atomic E-state index is 12.7. The number of sulfonamides is 1. The molecule has 0 bridgehead atoms. The molecule has 6 nitrogen and oxygen atoms in total. The van der Waals surface area contributed by atoms with Crippen LogP contribution in [0.2, 0.25) is 5.02 Å². The summed E-state index contributed by atoms with van der Waals surface area (Å²) in [6, 6.07) is 16.7. The number of carbonyl (C=O) groups excluding carboxylic acids is 1. The second kappa shape index (κ2) is 13.6. The zero-order valence-electron chi connectivity index (χ0n) is 20.3. The van der Waals surface area contributed by atoms with Crippen molar-refractivity contribution >= 4 is 54.8 Å². The molecule has 2 aromatic carbocycles. The van der Waals surface area contributed by atoms with E-state index in [1.807, 2.05) is 56.3 Å². The maximum Gasteiger partial charge on any atom is 0.250 e. The highest BCUT2D eigenvalue weighted by atomic mass is 79.9. The molecule has 3 aromatic rings. The van der Waals surface area contributed by atoms with Gasteiger partial charge in [-0.25, -0.2) is 13.1 Å². The van der Waals surface area contributed by atoms with Gasteiger partial charge in [-0.15, -0.1) is 11.3 Å². The molecule has 1 heterocycles. The van der Waals surface area contributed by atoms with E-state index in [2.05, 4.69) is 20.7 Å². The molecule has 10 heteroatoms. The smallest absolute Gasteiger partial charge is 0.250 e. The Labute approximate surface area is 230 Å². The normalized spacial score (nSPS) is 11.4. The van der Waals surface area contributed by atoms with E-state index in [0.717, 1.165) is 40.2 Å². The van der Waals surface area contributed by atoms with Crippen LogP contribution in [0.1, 0.15) is 37.8 Å². The largest absolute Gasteiger partial charge is 0.493 e. The van der Waals surface area contributed by atoms with Gasteiger partial charge in [0.15, 0.2) is 0 Å². The molecule has 1 amide bonds. The van der Waals surface area contributed by atoms with Gasteiger partial charge in [-0.2, -0.15) is 0 Å². The summed E-state index contributed by atoms with van der Waals surface area (Å²) in [4.78, 5) is 15.4. The first-order valence-electron chi connectivity index (χ1n) is 11.7. The molecule has 0 unspecified atom stereocenters. The summed E-state index contributed by atoms with van der Waals surface area (Å²) in [6.45, 7) is 5.74. The first kappa shape index (κ1) is 28.7. The SMILES string of the molecule is CCCNS(=O)(=O)c1ccc(-c2ccc(CN(Cc3cc(Cl)ccc3OCCC)C(=O)CBr)cc2)s1. The van der Waals surface area contributed by atoms with Crippen molar-refractivity contribution in [1.29, 1.82) is 0 Å². The Balaban J connectivity index is 1.77. The summed E-state index contributed by atoms with van der Waals surface area (Å²) < 4.78 is 33.6. The highest BCUT2D eigenvalue weighted by molar-refractivity contribution is 9.09. The number of ether oxygens (including phenoxy) is 1. The van der Waals surface area contributed by atoms with Gasteiger partial charge >= 0.3 is 0 Å². The molecule has 1 N–H and O–H groups in total. The van der Waals surface area contributed by atoms with Crippen molar-refractivity contribution in [3.05, 3.63) is 70.7 Å². The van der Waals surface area contributed by atoms with Crippen LogP contribution < -0.4 is 9.46 Å². The molecule has 0 saturated heterocycles. The highest BCUT2D eigenvalue weighted by Gasteiger charge is 2.18. The van der Waals surface area contributed by atoms with Crippen molar-refractivity contribution < 1.29 is 17.9 Å². The molecule has 0 aliphatic heterocycles. The van der Waals surface area contributed by atoms with Crippen molar-refractivity contribution in [3.63, 3.8) is 0 Å². The summed E-state index contributed by atoms with van der Waals surface area (Å²) >= 11 is 10.8. The predicted molar refractivity (Wildman–Crippen MR) is 151 cm³/mol. The van der Waals surface area contributed by atoms with E-state index in [1.54, 1.807) is 17.0 Å².